The van der Waals surface area contributed by atoms with E-state index < -0.39 is 5.41 Å². The summed E-state index contributed by atoms with van der Waals surface area (Å²) in [6, 6.07) is 17.2. The number of nitrogens with zero attached hydrogens (tertiary/aromatic N) is 1. The van der Waals surface area contributed by atoms with Gasteiger partial charge in [0.1, 0.15) is 0 Å². The van der Waals surface area contributed by atoms with Crippen LogP contribution in [0.4, 0.5) is 0 Å². The predicted octanol–water partition coefficient (Wildman–Crippen LogP) is 5.27. The number of hydrogen-bond donors (Lipinski definition) is 0. The zero-order chi connectivity index (χ0) is 19.6. The third kappa shape index (κ3) is 3.73. The van der Waals surface area contributed by atoms with Crippen molar-refractivity contribution in [2.45, 2.75) is 43.9 Å². The van der Waals surface area contributed by atoms with Gasteiger partial charge in [-0.2, -0.15) is 0 Å². The average Bonchev–Trinajstić information content (AvgIpc) is 2.69. The SMILES string of the molecule is O=C(C[C@H]1CCCN(C(=O)C2(c3ccc(Cl)cc3)CCC2)C1)c1ccccc1. The van der Waals surface area contributed by atoms with E-state index in [2.05, 4.69) is 0 Å². The summed E-state index contributed by atoms with van der Waals surface area (Å²) >= 11 is 6.04. The first kappa shape index (κ1) is 19.2. The molecule has 2 aliphatic rings. The third-order valence-corrected chi connectivity index (χ3v) is 6.64. The van der Waals surface area contributed by atoms with Crippen LogP contribution in [0.15, 0.2) is 54.6 Å². The average molecular weight is 396 g/mol. The van der Waals surface area contributed by atoms with Gasteiger partial charge in [0.25, 0.3) is 0 Å². The molecule has 0 N–H and O–H groups in total. The van der Waals surface area contributed by atoms with Gasteiger partial charge in [0.2, 0.25) is 5.91 Å². The van der Waals surface area contributed by atoms with Gasteiger partial charge in [-0.25, -0.2) is 0 Å². The normalized spacial score (nSPS) is 21.0. The largest absolute Gasteiger partial charge is 0.342 e. The number of hydrogen-bond acceptors (Lipinski definition) is 2. The van der Waals surface area contributed by atoms with Crippen LogP contribution in [0.1, 0.15) is 54.4 Å². The van der Waals surface area contributed by atoms with Crippen molar-refractivity contribution in [2.24, 2.45) is 5.92 Å². The van der Waals surface area contributed by atoms with Crippen LogP contribution in [0.3, 0.4) is 0 Å². The van der Waals surface area contributed by atoms with E-state index in [-0.39, 0.29) is 17.6 Å². The summed E-state index contributed by atoms with van der Waals surface area (Å²) in [7, 11) is 0. The molecule has 0 unspecified atom stereocenters. The third-order valence-electron chi connectivity index (χ3n) is 6.39. The van der Waals surface area contributed by atoms with E-state index in [9.17, 15) is 9.59 Å². The molecule has 3 nitrogen and oxygen atoms in total. The maximum Gasteiger partial charge on any atom is 0.233 e. The number of amides is 1. The Hall–Kier alpha value is -2.13. The predicted molar refractivity (Wildman–Crippen MR) is 112 cm³/mol. The minimum absolute atomic E-state index is 0.177. The number of rotatable bonds is 5. The van der Waals surface area contributed by atoms with Crippen LogP contribution in [0.25, 0.3) is 0 Å². The summed E-state index contributed by atoms with van der Waals surface area (Å²) < 4.78 is 0. The number of piperidine rings is 1. The summed E-state index contributed by atoms with van der Waals surface area (Å²) in [5, 5.41) is 0.697. The highest BCUT2D eigenvalue weighted by Crippen LogP contribution is 2.46. The Morgan fingerprint density at radius 2 is 1.71 bits per heavy atom. The fraction of sp³-hybridized carbons (Fsp3) is 0.417. The summed E-state index contributed by atoms with van der Waals surface area (Å²) in [6.07, 6.45) is 5.38. The molecule has 0 radical (unpaired) electrons. The Kier molecular flexibility index (Phi) is 5.54. The van der Waals surface area contributed by atoms with Gasteiger partial charge in [0.05, 0.1) is 5.41 Å². The lowest BCUT2D eigenvalue weighted by Gasteiger charge is -2.46. The molecule has 1 amide bonds. The van der Waals surface area contributed by atoms with Crippen LogP contribution >= 0.6 is 11.6 Å². The molecular weight excluding hydrogens is 370 g/mol. The maximum absolute atomic E-state index is 13.5. The first-order valence-electron chi connectivity index (χ1n) is 10.2. The van der Waals surface area contributed by atoms with Gasteiger partial charge in [0, 0.05) is 30.1 Å². The zero-order valence-corrected chi connectivity index (χ0v) is 16.8. The van der Waals surface area contributed by atoms with Gasteiger partial charge in [0.15, 0.2) is 5.78 Å². The second-order valence-electron chi connectivity index (χ2n) is 8.20. The molecule has 1 saturated carbocycles. The second kappa shape index (κ2) is 8.08. The molecule has 0 bridgehead atoms. The monoisotopic (exact) mass is 395 g/mol. The van der Waals surface area contributed by atoms with E-state index in [4.69, 9.17) is 11.6 Å². The molecule has 1 aliphatic carbocycles. The van der Waals surface area contributed by atoms with E-state index in [1.54, 1.807) is 0 Å². The van der Waals surface area contributed by atoms with Crippen LogP contribution in [0.5, 0.6) is 0 Å². The molecule has 0 aromatic heterocycles. The van der Waals surface area contributed by atoms with Crippen molar-refractivity contribution in [3.63, 3.8) is 0 Å². The smallest absolute Gasteiger partial charge is 0.233 e. The Balaban J connectivity index is 1.45. The van der Waals surface area contributed by atoms with Crippen molar-refractivity contribution in [3.8, 4) is 0 Å². The Labute approximate surface area is 171 Å². The first-order valence-corrected chi connectivity index (χ1v) is 10.6. The summed E-state index contributed by atoms with van der Waals surface area (Å²) in [5.74, 6) is 0.654. The fourth-order valence-electron chi connectivity index (χ4n) is 4.65. The van der Waals surface area contributed by atoms with Gasteiger partial charge < -0.3 is 4.90 Å². The molecule has 28 heavy (non-hydrogen) atoms. The molecule has 2 aromatic carbocycles. The lowest BCUT2D eigenvalue weighted by molar-refractivity contribution is -0.142. The van der Waals surface area contributed by atoms with Crippen LogP contribution < -0.4 is 0 Å². The number of benzene rings is 2. The zero-order valence-electron chi connectivity index (χ0n) is 16.1. The van der Waals surface area contributed by atoms with Crippen LogP contribution in [-0.4, -0.2) is 29.7 Å². The van der Waals surface area contributed by atoms with E-state index in [1.807, 2.05) is 59.5 Å². The van der Waals surface area contributed by atoms with Gasteiger partial charge in [-0.1, -0.05) is 60.5 Å². The summed E-state index contributed by atoms with van der Waals surface area (Å²) in [6.45, 7) is 1.48. The van der Waals surface area contributed by atoms with Crippen molar-refractivity contribution in [2.75, 3.05) is 13.1 Å². The minimum Gasteiger partial charge on any atom is -0.342 e. The van der Waals surface area contributed by atoms with Crippen molar-refractivity contribution in [3.05, 3.63) is 70.7 Å². The van der Waals surface area contributed by atoms with Gasteiger partial charge in [-0.3, -0.25) is 9.59 Å². The van der Waals surface area contributed by atoms with Gasteiger partial charge in [-0.15, -0.1) is 0 Å². The Morgan fingerprint density at radius 3 is 2.36 bits per heavy atom. The maximum atomic E-state index is 13.5. The number of carbonyl (C=O) groups excluding carboxylic acids is 2. The second-order valence-corrected chi connectivity index (χ2v) is 8.63. The molecular formula is C24H26ClNO2. The van der Waals surface area contributed by atoms with Gasteiger partial charge in [-0.05, 0) is 49.3 Å². The minimum atomic E-state index is -0.393. The van der Waals surface area contributed by atoms with Crippen LogP contribution in [0.2, 0.25) is 5.02 Å². The number of Topliss-reactive ketones (excluding diaryl/α,β-unsaturated/α-hetero) is 1. The summed E-state index contributed by atoms with van der Waals surface area (Å²) in [4.78, 5) is 28.1. The van der Waals surface area contributed by atoms with E-state index in [0.29, 0.717) is 18.0 Å². The standard InChI is InChI=1S/C24H26ClNO2/c25-21-11-9-20(10-12-21)24(13-5-14-24)23(28)26-15-4-6-18(17-26)16-22(27)19-7-2-1-3-8-19/h1-3,7-12,18H,4-6,13-17H2/t18-/m1/s1. The van der Waals surface area contributed by atoms with E-state index in [1.165, 1.54) is 0 Å². The molecule has 4 rings (SSSR count). The molecule has 0 spiro atoms. The highest BCUT2D eigenvalue weighted by Gasteiger charge is 2.48. The quantitative estimate of drug-likeness (QED) is 0.646. The van der Waals surface area contributed by atoms with Crippen molar-refractivity contribution < 1.29 is 9.59 Å². The van der Waals surface area contributed by atoms with E-state index in [0.717, 1.165) is 49.8 Å². The molecule has 2 aromatic rings. The number of halogens is 1. The van der Waals surface area contributed by atoms with Crippen LogP contribution in [0, 0.1) is 5.92 Å². The lowest BCUT2D eigenvalue weighted by atomic mass is 9.63. The topological polar surface area (TPSA) is 37.4 Å². The number of likely N-dealkylation sites (tertiary alicyclic amines) is 1. The molecule has 4 heteroatoms. The summed E-state index contributed by atoms with van der Waals surface area (Å²) in [5.41, 5.74) is 1.45. The van der Waals surface area contributed by atoms with Crippen molar-refractivity contribution in [1.29, 1.82) is 0 Å². The Morgan fingerprint density at radius 1 is 1.00 bits per heavy atom. The molecule has 1 heterocycles. The Bertz CT molecular complexity index is 843. The molecule has 1 saturated heterocycles. The van der Waals surface area contributed by atoms with Crippen molar-refractivity contribution in [1.82, 2.24) is 4.90 Å². The highest BCUT2D eigenvalue weighted by molar-refractivity contribution is 6.30. The molecule has 146 valence electrons. The fourth-order valence-corrected chi connectivity index (χ4v) is 4.77. The number of ketones is 1. The van der Waals surface area contributed by atoms with E-state index >= 15 is 0 Å². The van der Waals surface area contributed by atoms with Crippen molar-refractivity contribution >= 4 is 23.3 Å². The molecule has 1 aliphatic heterocycles. The lowest BCUT2D eigenvalue weighted by Crippen LogP contribution is -2.53. The molecule has 1 atom stereocenters. The highest BCUT2D eigenvalue weighted by atomic mass is 35.5. The van der Waals surface area contributed by atoms with Gasteiger partial charge >= 0.3 is 0 Å². The van der Waals surface area contributed by atoms with Crippen LogP contribution in [-0.2, 0) is 10.2 Å². The number of carbonyl (C=O) groups is 2. The molecule has 2 fully saturated rings. The first-order chi connectivity index (χ1) is 13.6.